The minimum Gasteiger partial charge on any atom is -0.377 e. The molecule has 0 aromatic carbocycles. The highest BCUT2D eigenvalue weighted by Gasteiger charge is 2.50. The van der Waals surface area contributed by atoms with Gasteiger partial charge >= 0.3 is 0 Å². The Morgan fingerprint density at radius 2 is 2.35 bits per heavy atom. The summed E-state index contributed by atoms with van der Waals surface area (Å²) in [4.78, 5) is 1.48. The van der Waals surface area contributed by atoms with Gasteiger partial charge in [-0.2, -0.15) is 0 Å². The van der Waals surface area contributed by atoms with Gasteiger partial charge in [0.1, 0.15) is 0 Å². The van der Waals surface area contributed by atoms with Crippen molar-refractivity contribution in [2.24, 2.45) is 11.3 Å². The van der Waals surface area contributed by atoms with E-state index in [9.17, 15) is 0 Å². The van der Waals surface area contributed by atoms with Gasteiger partial charge in [-0.1, -0.05) is 6.07 Å². The van der Waals surface area contributed by atoms with E-state index in [0.29, 0.717) is 6.10 Å². The molecule has 3 heteroatoms. The Bertz CT molecular complexity index is 360. The molecular formula is C14H19ClOS. The van der Waals surface area contributed by atoms with Gasteiger partial charge in [0, 0.05) is 22.8 Å². The summed E-state index contributed by atoms with van der Waals surface area (Å²) in [6, 6.07) is 4.37. The molecule has 1 saturated carbocycles. The summed E-state index contributed by atoms with van der Waals surface area (Å²) in [7, 11) is 0. The fourth-order valence-corrected chi connectivity index (χ4v) is 4.18. The topological polar surface area (TPSA) is 9.23 Å². The van der Waals surface area contributed by atoms with Crippen molar-refractivity contribution in [1.82, 2.24) is 0 Å². The number of ether oxygens (including phenoxy) is 1. The molecule has 3 rings (SSSR count). The Kier molecular flexibility index (Phi) is 3.47. The van der Waals surface area contributed by atoms with Crippen LogP contribution >= 0.6 is 22.9 Å². The maximum absolute atomic E-state index is 6.29. The highest BCUT2D eigenvalue weighted by atomic mass is 35.5. The summed E-state index contributed by atoms with van der Waals surface area (Å²) in [5, 5.41) is 2.16. The normalized spacial score (nSPS) is 33.1. The minimum absolute atomic E-state index is 0.257. The van der Waals surface area contributed by atoms with Crippen LogP contribution in [0.2, 0.25) is 0 Å². The van der Waals surface area contributed by atoms with Crippen molar-refractivity contribution in [3.63, 3.8) is 0 Å². The number of alkyl halides is 1. The van der Waals surface area contributed by atoms with E-state index in [1.165, 1.54) is 24.1 Å². The van der Waals surface area contributed by atoms with Gasteiger partial charge in [-0.15, -0.1) is 22.9 Å². The van der Waals surface area contributed by atoms with Crippen molar-refractivity contribution < 1.29 is 4.74 Å². The van der Waals surface area contributed by atoms with Gasteiger partial charge in [-0.05, 0) is 49.5 Å². The van der Waals surface area contributed by atoms with Crippen molar-refractivity contribution in [2.75, 3.05) is 12.5 Å². The van der Waals surface area contributed by atoms with Gasteiger partial charge in [-0.25, -0.2) is 0 Å². The van der Waals surface area contributed by atoms with E-state index in [4.69, 9.17) is 16.3 Å². The molecule has 2 aliphatic rings. The Morgan fingerprint density at radius 1 is 1.47 bits per heavy atom. The Morgan fingerprint density at radius 3 is 3.00 bits per heavy atom. The van der Waals surface area contributed by atoms with Gasteiger partial charge in [0.15, 0.2) is 0 Å². The lowest BCUT2D eigenvalue weighted by Crippen LogP contribution is -2.35. The first kappa shape index (κ1) is 12.0. The zero-order valence-electron chi connectivity index (χ0n) is 10.0. The number of halogens is 1. The van der Waals surface area contributed by atoms with E-state index in [1.807, 2.05) is 11.3 Å². The summed E-state index contributed by atoms with van der Waals surface area (Å²) in [6.07, 6.45) is 6.66. The van der Waals surface area contributed by atoms with Crippen LogP contribution in [0.25, 0.3) is 0 Å². The summed E-state index contributed by atoms with van der Waals surface area (Å²) < 4.78 is 5.97. The van der Waals surface area contributed by atoms with E-state index in [2.05, 4.69) is 17.5 Å². The molecule has 2 atom stereocenters. The molecule has 1 aromatic heterocycles. The maximum atomic E-state index is 6.29. The molecule has 94 valence electrons. The van der Waals surface area contributed by atoms with Gasteiger partial charge in [0.05, 0.1) is 6.10 Å². The second-order valence-corrected chi connectivity index (χ2v) is 6.75. The van der Waals surface area contributed by atoms with E-state index >= 15 is 0 Å². The molecule has 1 nitrogen and oxygen atoms in total. The van der Waals surface area contributed by atoms with Crippen LogP contribution in [0.4, 0.5) is 0 Å². The van der Waals surface area contributed by atoms with E-state index in [-0.39, 0.29) is 5.41 Å². The molecule has 2 heterocycles. The lowest BCUT2D eigenvalue weighted by atomic mass is 9.77. The summed E-state index contributed by atoms with van der Waals surface area (Å²) >= 11 is 8.15. The summed E-state index contributed by atoms with van der Waals surface area (Å²) in [6.45, 7) is 0.915. The van der Waals surface area contributed by atoms with Crippen LogP contribution in [-0.4, -0.2) is 18.6 Å². The highest BCUT2D eigenvalue weighted by Crippen LogP contribution is 2.50. The first-order chi connectivity index (χ1) is 8.34. The Balaban J connectivity index is 1.68. The van der Waals surface area contributed by atoms with Crippen molar-refractivity contribution >= 4 is 22.9 Å². The molecule has 0 radical (unpaired) electrons. The molecule has 1 aromatic rings. The van der Waals surface area contributed by atoms with Gasteiger partial charge < -0.3 is 4.74 Å². The fourth-order valence-electron chi connectivity index (χ4n) is 3.05. The van der Waals surface area contributed by atoms with Crippen molar-refractivity contribution in [1.29, 1.82) is 0 Å². The summed E-state index contributed by atoms with van der Waals surface area (Å²) in [5.74, 6) is 1.57. The number of thiophene rings is 1. The number of rotatable bonds is 5. The van der Waals surface area contributed by atoms with Crippen LogP contribution in [0.3, 0.4) is 0 Å². The third-order valence-corrected chi connectivity index (χ3v) is 5.74. The smallest absolute Gasteiger partial charge is 0.0671 e. The van der Waals surface area contributed by atoms with Crippen LogP contribution in [0.15, 0.2) is 17.5 Å². The molecule has 17 heavy (non-hydrogen) atoms. The zero-order valence-corrected chi connectivity index (χ0v) is 11.6. The molecule has 2 unspecified atom stereocenters. The Hall–Kier alpha value is -0.0500. The van der Waals surface area contributed by atoms with Crippen LogP contribution in [0.1, 0.15) is 30.6 Å². The van der Waals surface area contributed by atoms with E-state index in [1.54, 1.807) is 0 Å². The van der Waals surface area contributed by atoms with Gasteiger partial charge in [-0.3, -0.25) is 0 Å². The van der Waals surface area contributed by atoms with Crippen LogP contribution in [-0.2, 0) is 11.2 Å². The Labute approximate surface area is 112 Å². The first-order valence-electron chi connectivity index (χ1n) is 6.54. The van der Waals surface area contributed by atoms with E-state index < -0.39 is 0 Å². The highest BCUT2D eigenvalue weighted by molar-refractivity contribution is 7.09. The molecule has 1 aliphatic heterocycles. The monoisotopic (exact) mass is 270 g/mol. The molecular weight excluding hydrogens is 252 g/mol. The second-order valence-electron chi connectivity index (χ2n) is 5.45. The van der Waals surface area contributed by atoms with Crippen molar-refractivity contribution in [3.05, 3.63) is 22.4 Å². The largest absolute Gasteiger partial charge is 0.377 e. The molecule has 1 saturated heterocycles. The standard InChI is InChI=1S/C14H19ClOS/c15-10-14(6-5-12-2-1-9-17-12)7-8-16-13(14)11-3-4-11/h1-2,9,11,13H,3-8,10H2. The third-order valence-electron chi connectivity index (χ3n) is 4.27. The fraction of sp³-hybridized carbons (Fsp3) is 0.714. The number of aryl methyl sites for hydroxylation is 1. The number of hydrogen-bond acceptors (Lipinski definition) is 2. The van der Waals surface area contributed by atoms with Crippen LogP contribution in [0, 0.1) is 11.3 Å². The molecule has 1 aliphatic carbocycles. The maximum Gasteiger partial charge on any atom is 0.0671 e. The third kappa shape index (κ3) is 2.40. The lowest BCUT2D eigenvalue weighted by Gasteiger charge is -2.32. The summed E-state index contributed by atoms with van der Waals surface area (Å²) in [5.41, 5.74) is 0.257. The van der Waals surface area contributed by atoms with Crippen molar-refractivity contribution in [3.8, 4) is 0 Å². The average molecular weight is 271 g/mol. The predicted octanol–water partition coefficient (Wildman–Crippen LogP) is 4.10. The molecule has 0 bridgehead atoms. The molecule has 0 amide bonds. The predicted molar refractivity (Wildman–Crippen MR) is 72.9 cm³/mol. The van der Waals surface area contributed by atoms with Crippen molar-refractivity contribution in [2.45, 2.75) is 38.2 Å². The van der Waals surface area contributed by atoms with Gasteiger partial charge in [0.2, 0.25) is 0 Å². The molecule has 0 N–H and O–H groups in total. The first-order valence-corrected chi connectivity index (χ1v) is 7.95. The lowest BCUT2D eigenvalue weighted by molar-refractivity contribution is 0.0368. The minimum atomic E-state index is 0.257. The van der Waals surface area contributed by atoms with Crippen LogP contribution < -0.4 is 0 Å². The second kappa shape index (κ2) is 4.91. The van der Waals surface area contributed by atoms with Gasteiger partial charge in [0.25, 0.3) is 0 Å². The van der Waals surface area contributed by atoms with E-state index in [0.717, 1.165) is 31.2 Å². The zero-order chi connectivity index (χ0) is 11.7. The SMILES string of the molecule is ClCC1(CCc2cccs2)CCOC1C1CC1. The molecule has 2 fully saturated rings. The average Bonchev–Trinajstić information content (AvgIpc) is 2.92. The van der Waals surface area contributed by atoms with Crippen LogP contribution in [0.5, 0.6) is 0 Å². The molecule has 0 spiro atoms. The number of hydrogen-bond donors (Lipinski definition) is 0. The quantitative estimate of drug-likeness (QED) is 0.732.